The Morgan fingerprint density at radius 1 is 0.921 bits per heavy atom. The van der Waals surface area contributed by atoms with Crippen molar-refractivity contribution in [1.82, 2.24) is 16.0 Å². The molecule has 0 radical (unpaired) electrons. The highest BCUT2D eigenvalue weighted by Crippen LogP contribution is 2.19. The van der Waals surface area contributed by atoms with Crippen LogP contribution in [0.5, 0.6) is 5.75 Å². The van der Waals surface area contributed by atoms with Crippen LogP contribution in [-0.2, 0) is 22.6 Å². The third kappa shape index (κ3) is 9.26. The molecule has 0 saturated heterocycles. The Hall–Kier alpha value is -4.93. The van der Waals surface area contributed by atoms with Crippen molar-refractivity contribution >= 4 is 17.8 Å². The quantitative estimate of drug-likeness (QED) is 0.0804. The van der Waals surface area contributed by atoms with Crippen LogP contribution in [-0.4, -0.2) is 40.5 Å². The lowest BCUT2D eigenvalue weighted by Gasteiger charge is -2.19. The first-order valence-corrected chi connectivity index (χ1v) is 12.0. The number of guanidine groups is 1. The summed E-state index contributed by atoms with van der Waals surface area (Å²) < 4.78 is 0. The first-order valence-electron chi connectivity index (χ1n) is 12.0. The highest BCUT2D eigenvalue weighted by Gasteiger charge is 2.20. The van der Waals surface area contributed by atoms with Crippen LogP contribution in [0.4, 0.5) is 0 Å². The minimum absolute atomic E-state index is 0.0947. The molecule has 0 aliphatic heterocycles. The van der Waals surface area contributed by atoms with Crippen molar-refractivity contribution in [3.63, 3.8) is 0 Å². The van der Waals surface area contributed by atoms with E-state index < -0.39 is 11.1 Å². The standard InChI is InChI=1S/C27H30N6O5/c28-27(32-33(37)38)29-16-4-7-24(26(36)30-18-20-10-14-23(34)15-11-20)31-25(35)17-19-8-12-22(13-9-19)21-5-2-1-3-6-21/h1-3,5-6,8-15,24,34H,4,7,16-18H2,(H,30,36)(H,31,35)(H3,28,29,32)/t24-/m1/s1. The summed E-state index contributed by atoms with van der Waals surface area (Å²) in [6.45, 7) is 0.439. The van der Waals surface area contributed by atoms with Crippen LogP contribution in [0.15, 0.2) is 84.0 Å². The number of phenolic OH excluding ortho intramolecular Hbond substituents is 1. The molecule has 3 rings (SSSR count). The van der Waals surface area contributed by atoms with Crippen LogP contribution in [0.3, 0.4) is 0 Å². The number of nitrogens with one attached hydrogen (secondary N) is 3. The van der Waals surface area contributed by atoms with Crippen molar-refractivity contribution in [2.75, 3.05) is 6.54 Å². The zero-order valence-corrected chi connectivity index (χ0v) is 20.7. The van der Waals surface area contributed by atoms with Gasteiger partial charge in [0.15, 0.2) is 5.03 Å². The van der Waals surface area contributed by atoms with E-state index in [4.69, 9.17) is 5.73 Å². The normalized spacial score (nSPS) is 11.8. The molecule has 11 nitrogen and oxygen atoms in total. The smallest absolute Gasteiger partial charge is 0.266 e. The minimum Gasteiger partial charge on any atom is -0.508 e. The number of amides is 2. The van der Waals surface area contributed by atoms with E-state index in [1.165, 1.54) is 12.1 Å². The third-order valence-corrected chi connectivity index (χ3v) is 5.65. The molecule has 0 aliphatic carbocycles. The summed E-state index contributed by atoms with van der Waals surface area (Å²) in [5, 5.41) is 30.1. The van der Waals surface area contributed by atoms with E-state index in [2.05, 4.69) is 21.1 Å². The molecule has 198 valence electrons. The molecule has 0 bridgehead atoms. The number of hydrazone groups is 1. The molecule has 3 aromatic carbocycles. The lowest BCUT2D eigenvalue weighted by molar-refractivity contribution is -0.485. The van der Waals surface area contributed by atoms with E-state index in [9.17, 15) is 24.8 Å². The van der Waals surface area contributed by atoms with Gasteiger partial charge in [0.05, 0.1) is 6.42 Å². The second-order valence-electron chi connectivity index (χ2n) is 8.54. The Kier molecular flexibility index (Phi) is 10.2. The van der Waals surface area contributed by atoms with Crippen LogP contribution in [0.2, 0.25) is 0 Å². The van der Waals surface area contributed by atoms with Crippen LogP contribution in [0, 0.1) is 10.1 Å². The van der Waals surface area contributed by atoms with Gasteiger partial charge in [-0.25, -0.2) is 10.1 Å². The second-order valence-corrected chi connectivity index (χ2v) is 8.54. The maximum atomic E-state index is 12.9. The number of nitrogens with zero attached hydrogens (tertiary/aromatic N) is 2. The molecule has 0 heterocycles. The molecule has 0 spiro atoms. The molecular weight excluding hydrogens is 488 g/mol. The van der Waals surface area contributed by atoms with Gasteiger partial charge in [0.25, 0.3) is 5.96 Å². The number of hydrogen-bond acceptors (Lipinski definition) is 5. The first kappa shape index (κ1) is 27.7. The van der Waals surface area contributed by atoms with Crippen molar-refractivity contribution in [3.8, 4) is 16.9 Å². The number of benzene rings is 3. The van der Waals surface area contributed by atoms with Gasteiger partial charge in [0, 0.05) is 13.1 Å². The molecule has 0 unspecified atom stereocenters. The largest absolute Gasteiger partial charge is 0.508 e. The highest BCUT2D eigenvalue weighted by molar-refractivity contribution is 5.88. The van der Waals surface area contributed by atoms with E-state index in [-0.39, 0.29) is 49.5 Å². The number of hydrogen-bond donors (Lipinski definition) is 5. The molecule has 6 N–H and O–H groups in total. The molecule has 0 aliphatic rings. The molecule has 0 aromatic heterocycles. The Morgan fingerprint density at radius 3 is 2.21 bits per heavy atom. The summed E-state index contributed by atoms with van der Waals surface area (Å²) in [5.41, 5.74) is 9.11. The van der Waals surface area contributed by atoms with Gasteiger partial charge in [-0.2, -0.15) is 0 Å². The van der Waals surface area contributed by atoms with Gasteiger partial charge in [-0.1, -0.05) is 66.7 Å². The van der Waals surface area contributed by atoms with Gasteiger partial charge < -0.3 is 26.8 Å². The molecule has 11 heteroatoms. The summed E-state index contributed by atoms with van der Waals surface area (Å²) in [7, 11) is 0. The monoisotopic (exact) mass is 518 g/mol. The number of aromatic hydroxyl groups is 1. The molecule has 0 fully saturated rings. The maximum absolute atomic E-state index is 12.9. The number of nitro groups is 1. The average Bonchev–Trinajstić information content (AvgIpc) is 2.90. The minimum atomic E-state index is -0.908. The Bertz CT molecular complexity index is 1250. The van der Waals surface area contributed by atoms with Crippen LogP contribution in [0.25, 0.3) is 11.1 Å². The number of carbonyl (C=O) groups is 2. The zero-order chi connectivity index (χ0) is 27.3. The van der Waals surface area contributed by atoms with Crippen molar-refractivity contribution < 1.29 is 19.7 Å². The second kappa shape index (κ2) is 14.0. The maximum Gasteiger partial charge on any atom is 0.266 e. The van der Waals surface area contributed by atoms with E-state index in [1.807, 2.05) is 54.6 Å². The van der Waals surface area contributed by atoms with E-state index in [0.29, 0.717) is 6.42 Å². The van der Waals surface area contributed by atoms with Gasteiger partial charge in [-0.3, -0.25) is 9.59 Å². The topological polar surface area (TPSA) is 172 Å². The SMILES string of the molecule is N/C(=N/[N+](=O)[O-])NCCC[C@@H](NC(=O)Cc1ccc(-c2ccccc2)cc1)C(=O)NCc1ccc(O)cc1. The molecular formula is C27H30N6O5. The number of nitrogens with two attached hydrogens (primary N) is 1. The van der Waals surface area contributed by atoms with Crippen LogP contribution >= 0.6 is 0 Å². The predicted molar refractivity (Wildman–Crippen MR) is 143 cm³/mol. The van der Waals surface area contributed by atoms with Gasteiger partial charge in [0.1, 0.15) is 16.9 Å². The Balaban J connectivity index is 1.59. The summed E-state index contributed by atoms with van der Waals surface area (Å²) in [6.07, 6.45) is 0.744. The van der Waals surface area contributed by atoms with Gasteiger partial charge >= 0.3 is 0 Å². The van der Waals surface area contributed by atoms with Gasteiger partial charge in [-0.05, 0) is 47.2 Å². The van der Waals surface area contributed by atoms with Crippen molar-refractivity contribution in [1.29, 1.82) is 0 Å². The molecule has 3 aromatic rings. The number of phenols is 1. The average molecular weight is 519 g/mol. The summed E-state index contributed by atoms with van der Waals surface area (Å²) in [5.74, 6) is -0.914. The molecule has 0 saturated carbocycles. The molecule has 38 heavy (non-hydrogen) atoms. The summed E-state index contributed by atoms with van der Waals surface area (Å²) in [4.78, 5) is 36.1. The number of rotatable bonds is 12. The first-order chi connectivity index (χ1) is 18.3. The zero-order valence-electron chi connectivity index (χ0n) is 20.7. The lowest BCUT2D eigenvalue weighted by Crippen LogP contribution is -2.47. The molecule has 1 atom stereocenters. The van der Waals surface area contributed by atoms with Crippen molar-refractivity contribution in [3.05, 3.63) is 100 Å². The molecule has 2 amide bonds. The van der Waals surface area contributed by atoms with Crippen LogP contribution < -0.4 is 21.7 Å². The predicted octanol–water partition coefficient (Wildman–Crippen LogP) is 2.28. The fraction of sp³-hybridized carbons (Fsp3) is 0.222. The van der Waals surface area contributed by atoms with E-state index in [0.717, 1.165) is 22.3 Å². The lowest BCUT2D eigenvalue weighted by atomic mass is 10.0. The van der Waals surface area contributed by atoms with Crippen LogP contribution in [0.1, 0.15) is 24.0 Å². The fourth-order valence-corrected chi connectivity index (χ4v) is 3.72. The van der Waals surface area contributed by atoms with Crippen molar-refractivity contribution in [2.45, 2.75) is 31.8 Å². The van der Waals surface area contributed by atoms with Gasteiger partial charge in [-0.15, -0.1) is 0 Å². The van der Waals surface area contributed by atoms with E-state index >= 15 is 0 Å². The Morgan fingerprint density at radius 2 is 1.55 bits per heavy atom. The third-order valence-electron chi connectivity index (χ3n) is 5.65. The Labute approximate surface area is 219 Å². The summed E-state index contributed by atoms with van der Waals surface area (Å²) >= 11 is 0. The van der Waals surface area contributed by atoms with Crippen molar-refractivity contribution in [2.24, 2.45) is 10.8 Å². The highest BCUT2D eigenvalue weighted by atomic mass is 16.7. The summed E-state index contributed by atoms with van der Waals surface area (Å²) in [6, 6.07) is 23.1. The fourth-order valence-electron chi connectivity index (χ4n) is 3.72. The van der Waals surface area contributed by atoms with Gasteiger partial charge in [0.2, 0.25) is 11.8 Å². The number of carbonyl (C=O) groups excluding carboxylic acids is 2. The van der Waals surface area contributed by atoms with E-state index in [1.54, 1.807) is 12.1 Å².